The monoisotopic (exact) mass is 231 g/mol. The molecule has 5 heteroatoms. The van der Waals surface area contributed by atoms with E-state index >= 15 is 0 Å². The molecule has 1 aliphatic rings. The summed E-state index contributed by atoms with van der Waals surface area (Å²) in [6.45, 7) is 0.693. The van der Waals surface area contributed by atoms with Crippen LogP contribution in [0.1, 0.15) is 11.1 Å². The number of hydrogen-bond donors (Lipinski definition) is 2. The van der Waals surface area contributed by atoms with Crippen LogP contribution >= 0.6 is 0 Å². The molecule has 16 heavy (non-hydrogen) atoms. The van der Waals surface area contributed by atoms with Crippen LogP contribution in [0.15, 0.2) is 24.3 Å². The van der Waals surface area contributed by atoms with Gasteiger partial charge in [-0.15, -0.1) is 0 Å². The molecule has 0 unspecified atom stereocenters. The maximum Gasteiger partial charge on any atom is 0.416 e. The standard InChI is InChI=1S/C11H12F3NO/c12-11(13,14)9-4-2-1-3-8(9)5-10(16)6-15-7-10/h1-4,15-16H,5-7H2. The number of hydrogen-bond acceptors (Lipinski definition) is 2. The lowest BCUT2D eigenvalue weighted by Crippen LogP contribution is -2.60. The van der Waals surface area contributed by atoms with Gasteiger partial charge in [0.2, 0.25) is 0 Å². The van der Waals surface area contributed by atoms with E-state index in [4.69, 9.17) is 0 Å². The van der Waals surface area contributed by atoms with Crippen LogP contribution in [-0.4, -0.2) is 23.8 Å². The van der Waals surface area contributed by atoms with E-state index in [1.165, 1.54) is 12.1 Å². The van der Waals surface area contributed by atoms with E-state index in [2.05, 4.69) is 5.32 Å². The van der Waals surface area contributed by atoms with Gasteiger partial charge in [0.1, 0.15) is 0 Å². The van der Waals surface area contributed by atoms with Crippen molar-refractivity contribution in [2.75, 3.05) is 13.1 Å². The number of nitrogens with one attached hydrogen (secondary N) is 1. The molecule has 0 bridgehead atoms. The number of β-amino-alcohol motifs (C(OH)–C–C–N with tert-alkyl or cyclic N) is 1. The first-order valence-electron chi connectivity index (χ1n) is 4.99. The minimum Gasteiger partial charge on any atom is -0.387 e. The maximum absolute atomic E-state index is 12.6. The van der Waals surface area contributed by atoms with Crippen molar-refractivity contribution < 1.29 is 18.3 Å². The molecular formula is C11H12F3NO. The van der Waals surface area contributed by atoms with Crippen molar-refractivity contribution in [3.8, 4) is 0 Å². The van der Waals surface area contributed by atoms with Gasteiger partial charge in [0, 0.05) is 19.5 Å². The van der Waals surface area contributed by atoms with Gasteiger partial charge < -0.3 is 10.4 Å². The molecule has 2 N–H and O–H groups in total. The first-order valence-corrected chi connectivity index (χ1v) is 4.99. The molecule has 1 heterocycles. The predicted octanol–water partition coefficient (Wildman–Crippen LogP) is 1.58. The molecule has 1 aromatic rings. The van der Waals surface area contributed by atoms with Crippen molar-refractivity contribution in [3.05, 3.63) is 35.4 Å². The summed E-state index contributed by atoms with van der Waals surface area (Å²) in [4.78, 5) is 0. The van der Waals surface area contributed by atoms with Gasteiger partial charge in [-0.05, 0) is 11.6 Å². The quantitative estimate of drug-likeness (QED) is 0.810. The molecule has 88 valence electrons. The molecule has 0 spiro atoms. The molecule has 2 rings (SSSR count). The van der Waals surface area contributed by atoms with Gasteiger partial charge in [-0.2, -0.15) is 13.2 Å². The predicted molar refractivity (Wildman–Crippen MR) is 53.0 cm³/mol. The Bertz CT molecular complexity index is 385. The summed E-state index contributed by atoms with van der Waals surface area (Å²) in [6.07, 6.45) is -4.32. The van der Waals surface area contributed by atoms with Crippen molar-refractivity contribution in [2.24, 2.45) is 0 Å². The third-order valence-electron chi connectivity index (χ3n) is 2.75. The van der Waals surface area contributed by atoms with Crippen LogP contribution < -0.4 is 5.32 Å². The first-order chi connectivity index (χ1) is 7.41. The number of aliphatic hydroxyl groups is 1. The van der Waals surface area contributed by atoms with Gasteiger partial charge in [-0.3, -0.25) is 0 Å². The van der Waals surface area contributed by atoms with E-state index in [0.29, 0.717) is 13.1 Å². The zero-order chi connectivity index (χ0) is 11.8. The number of halogens is 3. The van der Waals surface area contributed by atoms with Crippen molar-refractivity contribution in [1.29, 1.82) is 0 Å². The normalized spacial score (nSPS) is 19.2. The number of rotatable bonds is 2. The second kappa shape index (κ2) is 3.75. The van der Waals surface area contributed by atoms with E-state index in [0.717, 1.165) is 6.07 Å². The van der Waals surface area contributed by atoms with Gasteiger partial charge in [0.15, 0.2) is 0 Å². The summed E-state index contributed by atoms with van der Waals surface area (Å²) < 4.78 is 37.9. The Balaban J connectivity index is 2.26. The van der Waals surface area contributed by atoms with E-state index in [1.807, 2.05) is 0 Å². The fraction of sp³-hybridized carbons (Fsp3) is 0.455. The summed E-state index contributed by atoms with van der Waals surface area (Å²) in [5.41, 5.74) is -1.53. The topological polar surface area (TPSA) is 32.3 Å². The minimum absolute atomic E-state index is 0.0374. The molecular weight excluding hydrogens is 219 g/mol. The Kier molecular flexibility index (Phi) is 2.67. The molecule has 0 amide bonds. The second-order valence-electron chi connectivity index (χ2n) is 4.16. The molecule has 0 radical (unpaired) electrons. The lowest BCUT2D eigenvalue weighted by molar-refractivity contribution is -0.138. The van der Waals surface area contributed by atoms with Gasteiger partial charge in [-0.25, -0.2) is 0 Å². The molecule has 1 aromatic carbocycles. The molecule has 0 saturated carbocycles. The molecule has 1 saturated heterocycles. The molecule has 0 aliphatic carbocycles. The van der Waals surface area contributed by atoms with Crippen LogP contribution in [0.2, 0.25) is 0 Å². The van der Waals surface area contributed by atoms with E-state index < -0.39 is 17.3 Å². The van der Waals surface area contributed by atoms with Crippen LogP contribution in [0.3, 0.4) is 0 Å². The lowest BCUT2D eigenvalue weighted by atomic mass is 9.87. The fourth-order valence-electron chi connectivity index (χ4n) is 1.84. The summed E-state index contributed by atoms with van der Waals surface area (Å²) >= 11 is 0. The third kappa shape index (κ3) is 2.20. The highest BCUT2D eigenvalue weighted by atomic mass is 19.4. The second-order valence-corrected chi connectivity index (χ2v) is 4.16. The minimum atomic E-state index is -4.36. The highest BCUT2D eigenvalue weighted by Gasteiger charge is 2.38. The Morgan fingerprint density at radius 3 is 2.38 bits per heavy atom. The molecule has 0 aromatic heterocycles. The van der Waals surface area contributed by atoms with Gasteiger partial charge in [0.25, 0.3) is 0 Å². The van der Waals surface area contributed by atoms with Crippen molar-refractivity contribution in [2.45, 2.75) is 18.2 Å². The lowest BCUT2D eigenvalue weighted by Gasteiger charge is -2.38. The molecule has 1 fully saturated rings. The largest absolute Gasteiger partial charge is 0.416 e. The maximum atomic E-state index is 12.6. The SMILES string of the molecule is OC1(Cc2ccccc2C(F)(F)F)CNC1. The first kappa shape index (κ1) is 11.4. The average molecular weight is 231 g/mol. The third-order valence-corrected chi connectivity index (χ3v) is 2.75. The van der Waals surface area contributed by atoms with Crippen LogP contribution in [0.5, 0.6) is 0 Å². The van der Waals surface area contributed by atoms with Crippen LogP contribution in [0.4, 0.5) is 13.2 Å². The smallest absolute Gasteiger partial charge is 0.387 e. The van der Waals surface area contributed by atoms with Gasteiger partial charge in [0.05, 0.1) is 11.2 Å². The van der Waals surface area contributed by atoms with Gasteiger partial charge in [-0.1, -0.05) is 18.2 Å². The van der Waals surface area contributed by atoms with Crippen molar-refractivity contribution in [3.63, 3.8) is 0 Å². The Morgan fingerprint density at radius 1 is 1.25 bits per heavy atom. The fourth-order valence-corrected chi connectivity index (χ4v) is 1.84. The van der Waals surface area contributed by atoms with Crippen LogP contribution in [0.25, 0.3) is 0 Å². The Morgan fingerprint density at radius 2 is 1.88 bits per heavy atom. The molecule has 2 nitrogen and oxygen atoms in total. The van der Waals surface area contributed by atoms with Gasteiger partial charge >= 0.3 is 6.18 Å². The van der Waals surface area contributed by atoms with Crippen molar-refractivity contribution in [1.82, 2.24) is 5.32 Å². The number of benzene rings is 1. The zero-order valence-electron chi connectivity index (χ0n) is 8.51. The molecule has 0 atom stereocenters. The van der Waals surface area contributed by atoms with Crippen molar-refractivity contribution >= 4 is 0 Å². The summed E-state index contributed by atoms with van der Waals surface area (Å²) in [6, 6.07) is 5.37. The van der Waals surface area contributed by atoms with E-state index in [9.17, 15) is 18.3 Å². The van der Waals surface area contributed by atoms with Crippen LogP contribution in [-0.2, 0) is 12.6 Å². The van der Waals surface area contributed by atoms with E-state index in [-0.39, 0.29) is 12.0 Å². The van der Waals surface area contributed by atoms with E-state index in [1.54, 1.807) is 6.07 Å². The summed E-state index contributed by atoms with van der Waals surface area (Å²) in [5.74, 6) is 0. The zero-order valence-corrected chi connectivity index (χ0v) is 8.51. The van der Waals surface area contributed by atoms with Crippen LogP contribution in [0, 0.1) is 0 Å². The Labute approximate surface area is 91.1 Å². The highest BCUT2D eigenvalue weighted by Crippen LogP contribution is 2.33. The average Bonchev–Trinajstić information content (AvgIpc) is 2.14. The highest BCUT2D eigenvalue weighted by molar-refractivity contribution is 5.31. The molecule has 1 aliphatic heterocycles. The summed E-state index contributed by atoms with van der Waals surface area (Å²) in [5, 5.41) is 12.7. The number of alkyl halides is 3. The Hall–Kier alpha value is -1.07. The summed E-state index contributed by atoms with van der Waals surface area (Å²) in [7, 11) is 0.